The molecular formula is C33H24Si. The summed E-state index contributed by atoms with van der Waals surface area (Å²) in [4.78, 5) is 0. The molecule has 0 radical (unpaired) electrons. The van der Waals surface area contributed by atoms with Crippen molar-refractivity contribution >= 4 is 50.4 Å². The third-order valence-electron chi connectivity index (χ3n) is 7.67. The first-order valence-electron chi connectivity index (χ1n) is 12.0. The lowest BCUT2D eigenvalue weighted by Gasteiger charge is -2.32. The Kier molecular flexibility index (Phi) is 4.18. The van der Waals surface area contributed by atoms with Crippen LogP contribution in [0.5, 0.6) is 0 Å². The van der Waals surface area contributed by atoms with Gasteiger partial charge in [0.2, 0.25) is 0 Å². The Balaban J connectivity index is 1.78. The van der Waals surface area contributed by atoms with E-state index in [4.69, 9.17) is 0 Å². The van der Waals surface area contributed by atoms with E-state index in [0.717, 1.165) is 0 Å². The molecule has 1 heterocycles. The summed E-state index contributed by atoms with van der Waals surface area (Å²) in [5.41, 5.74) is 4.17. The standard InChI is InChI=1S/C33H24Si/c1-23-11-10-18-29-27(23)20-21-30-32-28-17-9-8-12-24(28)19-22-31(32)34(33(29)30,25-13-4-2-5-14-25)26-15-6-3-7-16-26/h2-22H,1H3. The summed E-state index contributed by atoms with van der Waals surface area (Å²) in [6, 6.07) is 47.8. The predicted octanol–water partition coefficient (Wildman–Crippen LogP) is 5.66. The van der Waals surface area contributed by atoms with Gasteiger partial charge in [-0.1, -0.05) is 127 Å². The number of fused-ring (bicyclic) bond motifs is 7. The van der Waals surface area contributed by atoms with Crippen molar-refractivity contribution in [3.05, 3.63) is 133 Å². The third-order valence-corrected chi connectivity index (χ3v) is 12.6. The van der Waals surface area contributed by atoms with Crippen LogP contribution in [0.3, 0.4) is 0 Å². The quantitative estimate of drug-likeness (QED) is 0.299. The normalized spacial score (nSPS) is 13.7. The summed E-state index contributed by atoms with van der Waals surface area (Å²) in [6.07, 6.45) is 0. The number of hydrogen-bond acceptors (Lipinski definition) is 0. The molecule has 0 aromatic heterocycles. The van der Waals surface area contributed by atoms with E-state index in [2.05, 4.69) is 134 Å². The highest BCUT2D eigenvalue weighted by molar-refractivity contribution is 7.23. The maximum Gasteiger partial charge on any atom is 0.181 e. The number of aryl methyl sites for hydroxylation is 1. The van der Waals surface area contributed by atoms with Crippen LogP contribution in [-0.2, 0) is 0 Å². The zero-order valence-electron chi connectivity index (χ0n) is 19.1. The molecule has 0 atom stereocenters. The van der Waals surface area contributed by atoms with Crippen LogP contribution >= 0.6 is 0 Å². The zero-order chi connectivity index (χ0) is 22.7. The fraction of sp³-hybridized carbons (Fsp3) is 0.0303. The van der Waals surface area contributed by atoms with Gasteiger partial charge in [-0.05, 0) is 65.9 Å². The van der Waals surface area contributed by atoms with Gasteiger partial charge in [-0.25, -0.2) is 0 Å². The highest BCUT2D eigenvalue weighted by atomic mass is 28.3. The number of rotatable bonds is 2. The maximum absolute atomic E-state index is 2.53. The molecule has 0 unspecified atom stereocenters. The molecule has 0 amide bonds. The molecule has 6 aromatic rings. The van der Waals surface area contributed by atoms with Crippen molar-refractivity contribution in [2.45, 2.75) is 6.92 Å². The molecule has 1 heteroatoms. The molecule has 160 valence electrons. The van der Waals surface area contributed by atoms with E-state index < -0.39 is 8.07 Å². The van der Waals surface area contributed by atoms with Crippen molar-refractivity contribution in [2.75, 3.05) is 0 Å². The molecule has 0 saturated heterocycles. The van der Waals surface area contributed by atoms with Gasteiger partial charge in [0.25, 0.3) is 0 Å². The van der Waals surface area contributed by atoms with Crippen molar-refractivity contribution in [3.8, 4) is 11.1 Å². The summed E-state index contributed by atoms with van der Waals surface area (Å²) >= 11 is 0. The lowest BCUT2D eigenvalue weighted by Crippen LogP contribution is -2.73. The van der Waals surface area contributed by atoms with Crippen LogP contribution < -0.4 is 20.7 Å². The van der Waals surface area contributed by atoms with Gasteiger partial charge in [0.1, 0.15) is 0 Å². The first kappa shape index (κ1) is 19.5. The molecule has 0 spiro atoms. The summed E-state index contributed by atoms with van der Waals surface area (Å²) in [6.45, 7) is 2.24. The first-order chi connectivity index (χ1) is 16.8. The van der Waals surface area contributed by atoms with Gasteiger partial charge < -0.3 is 0 Å². The summed E-state index contributed by atoms with van der Waals surface area (Å²) < 4.78 is 0. The second-order valence-electron chi connectivity index (χ2n) is 9.35. The molecule has 0 N–H and O–H groups in total. The van der Waals surface area contributed by atoms with E-state index >= 15 is 0 Å². The first-order valence-corrected chi connectivity index (χ1v) is 14.0. The molecule has 7 rings (SSSR count). The van der Waals surface area contributed by atoms with Crippen LogP contribution in [0.4, 0.5) is 0 Å². The third kappa shape index (κ3) is 2.48. The fourth-order valence-electron chi connectivity index (χ4n) is 6.28. The van der Waals surface area contributed by atoms with Crippen molar-refractivity contribution in [1.29, 1.82) is 0 Å². The van der Waals surface area contributed by atoms with Crippen LogP contribution in [0, 0.1) is 6.92 Å². The Labute approximate surface area is 201 Å². The van der Waals surface area contributed by atoms with E-state index in [-0.39, 0.29) is 0 Å². The molecule has 6 aromatic carbocycles. The smallest absolute Gasteiger partial charge is 0.0623 e. The SMILES string of the molecule is Cc1cccc2c3c(ccc12)-c1c(ccc2ccccc12)[Si]3(c1ccccc1)c1ccccc1. The van der Waals surface area contributed by atoms with E-state index in [1.54, 1.807) is 0 Å². The Hall–Kier alpha value is -3.94. The summed E-state index contributed by atoms with van der Waals surface area (Å²) in [7, 11) is -2.53. The predicted molar refractivity (Wildman–Crippen MR) is 149 cm³/mol. The van der Waals surface area contributed by atoms with Crippen molar-refractivity contribution in [3.63, 3.8) is 0 Å². The van der Waals surface area contributed by atoms with Gasteiger partial charge in [0, 0.05) is 0 Å². The Morgan fingerprint density at radius 2 is 1.12 bits per heavy atom. The minimum atomic E-state index is -2.53. The fourth-order valence-corrected chi connectivity index (χ4v) is 11.7. The monoisotopic (exact) mass is 448 g/mol. The molecule has 1 aliphatic rings. The summed E-state index contributed by atoms with van der Waals surface area (Å²) in [5, 5.41) is 11.4. The molecule has 0 bridgehead atoms. The van der Waals surface area contributed by atoms with Gasteiger partial charge in [-0.3, -0.25) is 0 Å². The van der Waals surface area contributed by atoms with Crippen molar-refractivity contribution in [1.82, 2.24) is 0 Å². The van der Waals surface area contributed by atoms with Gasteiger partial charge >= 0.3 is 0 Å². The van der Waals surface area contributed by atoms with Crippen LogP contribution in [0.2, 0.25) is 0 Å². The van der Waals surface area contributed by atoms with Crippen molar-refractivity contribution < 1.29 is 0 Å². The number of hydrogen-bond donors (Lipinski definition) is 0. The second kappa shape index (κ2) is 7.28. The average Bonchev–Trinajstić information content (AvgIpc) is 3.22. The maximum atomic E-state index is 2.44. The van der Waals surface area contributed by atoms with E-state index in [1.807, 2.05) is 0 Å². The topological polar surface area (TPSA) is 0 Å². The largest absolute Gasteiger partial charge is 0.181 e. The van der Waals surface area contributed by atoms with E-state index in [9.17, 15) is 0 Å². The lowest BCUT2D eigenvalue weighted by atomic mass is 9.95. The van der Waals surface area contributed by atoms with Crippen LogP contribution in [0.1, 0.15) is 5.56 Å². The van der Waals surface area contributed by atoms with E-state index in [1.165, 1.54) is 59.0 Å². The zero-order valence-corrected chi connectivity index (χ0v) is 20.1. The number of benzene rings is 6. The molecule has 0 fully saturated rings. The van der Waals surface area contributed by atoms with Gasteiger partial charge in [-0.2, -0.15) is 0 Å². The minimum Gasteiger partial charge on any atom is -0.0623 e. The highest BCUT2D eigenvalue weighted by Gasteiger charge is 2.50. The highest BCUT2D eigenvalue weighted by Crippen LogP contribution is 2.37. The lowest BCUT2D eigenvalue weighted by molar-refractivity contribution is 1.54. The summed E-state index contributed by atoms with van der Waals surface area (Å²) in [5.74, 6) is 0. The Bertz CT molecular complexity index is 1660. The van der Waals surface area contributed by atoms with Gasteiger partial charge in [-0.15, -0.1) is 0 Å². The van der Waals surface area contributed by atoms with Gasteiger partial charge in [0.15, 0.2) is 8.07 Å². The molecule has 0 aliphatic carbocycles. The van der Waals surface area contributed by atoms with Crippen LogP contribution in [-0.4, -0.2) is 8.07 Å². The van der Waals surface area contributed by atoms with Gasteiger partial charge in [0.05, 0.1) is 0 Å². The molecule has 0 nitrogen and oxygen atoms in total. The second-order valence-corrected chi connectivity index (χ2v) is 13.0. The molecular weight excluding hydrogens is 424 g/mol. The Morgan fingerprint density at radius 1 is 0.471 bits per heavy atom. The van der Waals surface area contributed by atoms with Crippen molar-refractivity contribution in [2.24, 2.45) is 0 Å². The van der Waals surface area contributed by atoms with E-state index in [0.29, 0.717) is 0 Å². The van der Waals surface area contributed by atoms with Crippen LogP contribution in [0.15, 0.2) is 127 Å². The Morgan fingerprint density at radius 3 is 1.85 bits per heavy atom. The molecule has 34 heavy (non-hydrogen) atoms. The molecule has 1 aliphatic heterocycles. The average molecular weight is 449 g/mol. The molecule has 0 saturated carbocycles. The minimum absolute atomic E-state index is 1.31. The van der Waals surface area contributed by atoms with Crippen LogP contribution in [0.25, 0.3) is 32.7 Å².